The highest BCUT2D eigenvalue weighted by Crippen LogP contribution is 2.45. The maximum absolute atomic E-state index is 13.0. The third-order valence-electron chi connectivity index (χ3n) is 5.41. The Balaban J connectivity index is 1.77. The molecule has 2 aromatic heterocycles. The molecule has 1 saturated carbocycles. The van der Waals surface area contributed by atoms with Gasteiger partial charge in [0.05, 0.1) is 23.1 Å². The highest BCUT2D eigenvalue weighted by atomic mass is 32.1. The van der Waals surface area contributed by atoms with Crippen LogP contribution in [0.25, 0.3) is 11.3 Å². The van der Waals surface area contributed by atoms with E-state index in [2.05, 4.69) is 24.2 Å². The summed E-state index contributed by atoms with van der Waals surface area (Å²) in [6.45, 7) is 8.99. The fraction of sp³-hybridized carbons (Fsp3) is 0.500. The maximum Gasteiger partial charge on any atom is 0.255 e. The molecule has 1 amide bonds. The summed E-state index contributed by atoms with van der Waals surface area (Å²) in [6.07, 6.45) is 1.11. The molecule has 5 heteroatoms. The van der Waals surface area contributed by atoms with Crippen LogP contribution in [0.4, 0.5) is 0 Å². The van der Waals surface area contributed by atoms with Crippen LogP contribution in [0.3, 0.4) is 0 Å². The maximum atomic E-state index is 13.0. The van der Waals surface area contributed by atoms with Crippen molar-refractivity contribution in [3.05, 3.63) is 40.2 Å². The van der Waals surface area contributed by atoms with Gasteiger partial charge in [-0.3, -0.25) is 9.78 Å². The molecule has 0 aliphatic heterocycles. The van der Waals surface area contributed by atoms with Gasteiger partial charge in [-0.25, -0.2) is 0 Å². The summed E-state index contributed by atoms with van der Waals surface area (Å²) in [5, 5.41) is 4.10. The van der Waals surface area contributed by atoms with Crippen molar-refractivity contribution in [3.63, 3.8) is 0 Å². The largest absolute Gasteiger partial charge is 0.378 e. The minimum absolute atomic E-state index is 0.0294. The molecule has 2 heterocycles. The molecule has 0 spiro atoms. The summed E-state index contributed by atoms with van der Waals surface area (Å²) in [7, 11) is 1.89. The Morgan fingerprint density at radius 2 is 2.16 bits per heavy atom. The number of rotatable bonds is 5. The van der Waals surface area contributed by atoms with E-state index >= 15 is 0 Å². The minimum atomic E-state index is -0.0294. The molecule has 0 unspecified atom stereocenters. The zero-order valence-electron chi connectivity index (χ0n) is 15.6. The molecule has 25 heavy (non-hydrogen) atoms. The Hall–Kier alpha value is -1.72. The molecule has 0 N–H and O–H groups in total. The predicted molar refractivity (Wildman–Crippen MR) is 102 cm³/mol. The average Bonchev–Trinajstić information content (AvgIpc) is 3.11. The number of ether oxygens (including phenoxy) is 1. The van der Waals surface area contributed by atoms with Gasteiger partial charge in [0.2, 0.25) is 0 Å². The summed E-state index contributed by atoms with van der Waals surface area (Å²) in [6, 6.07) is 6.07. The van der Waals surface area contributed by atoms with E-state index in [9.17, 15) is 4.79 Å². The van der Waals surface area contributed by atoms with Gasteiger partial charge in [0, 0.05) is 36.1 Å². The predicted octanol–water partition coefficient (Wildman–Crippen LogP) is 4.39. The van der Waals surface area contributed by atoms with E-state index in [1.165, 1.54) is 0 Å². The van der Waals surface area contributed by atoms with Crippen LogP contribution in [0, 0.1) is 12.3 Å². The molecule has 1 fully saturated rings. The number of thiophene rings is 1. The van der Waals surface area contributed by atoms with E-state index in [0.29, 0.717) is 12.2 Å². The van der Waals surface area contributed by atoms with Gasteiger partial charge in [-0.05, 0) is 43.8 Å². The smallest absolute Gasteiger partial charge is 0.255 e. The number of amides is 1. The topological polar surface area (TPSA) is 42.4 Å². The van der Waals surface area contributed by atoms with Crippen LogP contribution >= 0.6 is 11.3 Å². The molecule has 0 saturated heterocycles. The molecule has 4 nitrogen and oxygen atoms in total. The lowest BCUT2D eigenvalue weighted by Crippen LogP contribution is -2.62. The first kappa shape index (κ1) is 18.1. The van der Waals surface area contributed by atoms with Crippen molar-refractivity contribution < 1.29 is 9.53 Å². The summed E-state index contributed by atoms with van der Waals surface area (Å²) >= 11 is 1.65. The Kier molecular flexibility index (Phi) is 4.98. The van der Waals surface area contributed by atoms with Crippen LogP contribution < -0.4 is 0 Å². The van der Waals surface area contributed by atoms with Crippen molar-refractivity contribution in [3.8, 4) is 11.3 Å². The number of hydrogen-bond acceptors (Lipinski definition) is 4. The van der Waals surface area contributed by atoms with Crippen molar-refractivity contribution in [2.24, 2.45) is 5.41 Å². The van der Waals surface area contributed by atoms with Gasteiger partial charge in [-0.2, -0.15) is 11.3 Å². The Morgan fingerprint density at radius 3 is 2.72 bits per heavy atom. The Labute approximate surface area is 153 Å². The summed E-state index contributed by atoms with van der Waals surface area (Å²) in [5.74, 6) is 0.0369. The van der Waals surface area contributed by atoms with Crippen molar-refractivity contribution in [1.82, 2.24) is 9.88 Å². The number of aromatic nitrogens is 1. The van der Waals surface area contributed by atoms with Crippen LogP contribution in [0.2, 0.25) is 0 Å². The quantitative estimate of drug-likeness (QED) is 0.796. The van der Waals surface area contributed by atoms with Gasteiger partial charge < -0.3 is 9.64 Å². The lowest BCUT2D eigenvalue weighted by molar-refractivity contribution is -0.136. The molecular weight excluding hydrogens is 332 g/mol. The first-order chi connectivity index (χ1) is 11.9. The van der Waals surface area contributed by atoms with Crippen molar-refractivity contribution in [1.29, 1.82) is 0 Å². The first-order valence-corrected chi connectivity index (χ1v) is 9.69. The Bertz CT molecular complexity index is 755. The SMILES string of the molecule is CCO[C@H]1C[C@@H](N(C)C(=O)c2ccc(-c3ccsc3)nc2C)C1(C)C. The van der Waals surface area contributed by atoms with E-state index in [1.807, 2.05) is 49.4 Å². The second-order valence-electron chi connectivity index (χ2n) is 7.27. The van der Waals surface area contributed by atoms with Crippen molar-refractivity contribution >= 4 is 17.2 Å². The van der Waals surface area contributed by atoms with Crippen LogP contribution in [-0.4, -0.2) is 41.6 Å². The third-order valence-corrected chi connectivity index (χ3v) is 6.10. The van der Waals surface area contributed by atoms with Crippen LogP contribution in [0.15, 0.2) is 29.0 Å². The van der Waals surface area contributed by atoms with Gasteiger partial charge in [0.25, 0.3) is 5.91 Å². The monoisotopic (exact) mass is 358 g/mol. The number of carbonyl (C=O) groups is 1. The lowest BCUT2D eigenvalue weighted by Gasteiger charge is -2.54. The van der Waals surface area contributed by atoms with E-state index in [4.69, 9.17) is 4.74 Å². The van der Waals surface area contributed by atoms with Gasteiger partial charge in [-0.1, -0.05) is 13.8 Å². The first-order valence-electron chi connectivity index (χ1n) is 8.75. The normalized spacial score (nSPS) is 21.6. The highest BCUT2D eigenvalue weighted by Gasteiger charge is 2.51. The molecule has 0 bridgehead atoms. The Morgan fingerprint density at radius 1 is 1.40 bits per heavy atom. The summed E-state index contributed by atoms with van der Waals surface area (Å²) in [5.41, 5.74) is 3.44. The molecule has 2 aromatic rings. The van der Waals surface area contributed by atoms with Crippen LogP contribution in [0.1, 0.15) is 43.2 Å². The number of carbonyl (C=O) groups excluding carboxylic acids is 1. The van der Waals surface area contributed by atoms with E-state index in [1.54, 1.807) is 11.3 Å². The van der Waals surface area contributed by atoms with Gasteiger partial charge in [0.15, 0.2) is 0 Å². The molecular formula is C20H26N2O2S. The molecule has 134 valence electrons. The van der Waals surface area contributed by atoms with Crippen molar-refractivity contribution in [2.45, 2.75) is 46.3 Å². The molecule has 2 atom stereocenters. The zero-order valence-corrected chi connectivity index (χ0v) is 16.4. The number of hydrogen-bond donors (Lipinski definition) is 0. The van der Waals surface area contributed by atoms with Crippen molar-refractivity contribution in [2.75, 3.05) is 13.7 Å². The zero-order chi connectivity index (χ0) is 18.2. The second-order valence-corrected chi connectivity index (χ2v) is 8.05. The average molecular weight is 359 g/mol. The second kappa shape index (κ2) is 6.89. The fourth-order valence-corrected chi connectivity index (χ4v) is 4.34. The summed E-state index contributed by atoms with van der Waals surface area (Å²) in [4.78, 5) is 19.5. The number of aryl methyl sites for hydroxylation is 1. The third kappa shape index (κ3) is 3.23. The molecule has 0 aromatic carbocycles. The van der Waals surface area contributed by atoms with E-state index in [0.717, 1.165) is 23.4 Å². The minimum Gasteiger partial charge on any atom is -0.378 e. The van der Waals surface area contributed by atoms with Gasteiger partial charge >= 0.3 is 0 Å². The number of nitrogens with zero attached hydrogens (tertiary/aromatic N) is 2. The van der Waals surface area contributed by atoms with E-state index < -0.39 is 0 Å². The molecule has 0 radical (unpaired) electrons. The molecule has 1 aliphatic rings. The van der Waals surface area contributed by atoms with Crippen LogP contribution in [-0.2, 0) is 4.74 Å². The standard InChI is InChI=1S/C20H26N2O2S/c1-6-24-18-11-17(20(18,3)4)22(5)19(23)15-7-8-16(21-13(15)2)14-9-10-25-12-14/h7-10,12,17-18H,6,11H2,1-5H3/t17-,18+/m1/s1. The van der Waals surface area contributed by atoms with Gasteiger partial charge in [0.1, 0.15) is 0 Å². The summed E-state index contributed by atoms with van der Waals surface area (Å²) < 4.78 is 5.79. The lowest BCUT2D eigenvalue weighted by atomic mass is 9.63. The van der Waals surface area contributed by atoms with E-state index in [-0.39, 0.29) is 23.5 Å². The molecule has 3 rings (SSSR count). The highest BCUT2D eigenvalue weighted by molar-refractivity contribution is 7.08. The van der Waals surface area contributed by atoms with Crippen LogP contribution in [0.5, 0.6) is 0 Å². The molecule has 1 aliphatic carbocycles. The fourth-order valence-electron chi connectivity index (χ4n) is 3.70. The number of pyridine rings is 1. The van der Waals surface area contributed by atoms with Gasteiger partial charge in [-0.15, -0.1) is 0 Å².